The van der Waals surface area contributed by atoms with Crippen molar-refractivity contribution in [3.8, 4) is 22.3 Å². The van der Waals surface area contributed by atoms with Gasteiger partial charge in [-0.1, -0.05) is 130 Å². The second kappa shape index (κ2) is 13.7. The highest BCUT2D eigenvalue weighted by molar-refractivity contribution is 7.26. The maximum Gasteiger partial charge on any atom is 0.333 e. The summed E-state index contributed by atoms with van der Waals surface area (Å²) < 4.78 is 2.65. The first-order valence-corrected chi connectivity index (χ1v) is 20.6. The van der Waals surface area contributed by atoms with Crippen LogP contribution in [0.25, 0.3) is 42.4 Å². The van der Waals surface area contributed by atoms with E-state index in [-0.39, 0.29) is 6.85 Å². The third kappa shape index (κ3) is 5.30. The zero-order valence-corrected chi connectivity index (χ0v) is 31.9. The van der Waals surface area contributed by atoms with Gasteiger partial charge in [-0.3, -0.25) is 0 Å². The first-order valence-electron chi connectivity index (χ1n) is 19.8. The Hall–Kier alpha value is -5.58. The van der Waals surface area contributed by atoms with E-state index in [9.17, 15) is 0 Å². The Kier molecular flexibility index (Phi) is 8.37. The van der Waals surface area contributed by atoms with Gasteiger partial charge in [-0.05, 0) is 107 Å². The maximum atomic E-state index is 2.65. The van der Waals surface area contributed by atoms with Crippen LogP contribution in [0.15, 0.2) is 152 Å². The van der Waals surface area contributed by atoms with Crippen molar-refractivity contribution in [1.29, 1.82) is 0 Å². The highest BCUT2D eigenvalue weighted by Gasteiger charge is 2.46. The van der Waals surface area contributed by atoms with Crippen LogP contribution in [0.2, 0.25) is 0 Å². The lowest BCUT2D eigenvalue weighted by atomic mass is 9.43. The van der Waals surface area contributed by atoms with Crippen LogP contribution in [0.1, 0.15) is 50.7 Å². The molecule has 0 amide bonds. The number of thiophene rings is 1. The van der Waals surface area contributed by atoms with Crippen molar-refractivity contribution < 1.29 is 0 Å². The first-order chi connectivity index (χ1) is 26.7. The Morgan fingerprint density at radius 1 is 0.537 bits per heavy atom. The number of benzene rings is 7. The zero-order valence-electron chi connectivity index (χ0n) is 31.1. The minimum Gasteiger partial charge on any atom is -0.376 e. The molecule has 54 heavy (non-hydrogen) atoms. The molecule has 0 aliphatic carbocycles. The third-order valence-electron chi connectivity index (χ3n) is 11.6. The Morgan fingerprint density at radius 2 is 1.26 bits per heavy atom. The van der Waals surface area contributed by atoms with Gasteiger partial charge in [0.05, 0.1) is 11.4 Å². The van der Waals surface area contributed by atoms with E-state index < -0.39 is 0 Å². The summed E-state index contributed by atoms with van der Waals surface area (Å²) in [4.78, 5) is 5.29. The van der Waals surface area contributed by atoms with Crippen LogP contribution in [0, 0.1) is 0 Å². The number of aryl methyl sites for hydroxylation is 2. The van der Waals surface area contributed by atoms with Crippen LogP contribution in [0.4, 0.5) is 28.4 Å². The molecular weight excluding hydrogens is 671 g/mol. The summed E-state index contributed by atoms with van der Waals surface area (Å²) >= 11 is 1.91. The van der Waals surface area contributed by atoms with Gasteiger partial charge in [0.25, 0.3) is 0 Å². The maximum absolute atomic E-state index is 2.65. The second-order valence-corrected chi connectivity index (χ2v) is 16.0. The van der Waals surface area contributed by atoms with Crippen molar-refractivity contribution in [3.63, 3.8) is 0 Å². The largest absolute Gasteiger partial charge is 0.376 e. The SMILES string of the molecule is CCCCc1ccc(N2c3cccc4c3B(c3ccc5sc6ccccc6c5c32)N(c2ccccc2)c2cc(CCCC)ccc2-4)c(-c2ccccc2)c1. The van der Waals surface area contributed by atoms with E-state index in [1.807, 2.05) is 11.3 Å². The third-order valence-corrected chi connectivity index (χ3v) is 12.7. The van der Waals surface area contributed by atoms with E-state index >= 15 is 0 Å². The van der Waals surface area contributed by atoms with Gasteiger partial charge in [0, 0.05) is 48.4 Å². The number of para-hydroxylation sites is 1. The Balaban J connectivity index is 1.32. The van der Waals surface area contributed by atoms with Gasteiger partial charge in [-0.25, -0.2) is 0 Å². The molecule has 2 nitrogen and oxygen atoms in total. The van der Waals surface area contributed by atoms with E-state index in [0.717, 1.165) is 12.8 Å². The molecule has 8 aromatic rings. The fraction of sp³-hybridized carbons (Fsp3) is 0.160. The molecular formula is C50H43BN2S. The van der Waals surface area contributed by atoms with Crippen molar-refractivity contribution >= 4 is 77.7 Å². The molecule has 3 heterocycles. The smallest absolute Gasteiger partial charge is 0.333 e. The van der Waals surface area contributed by atoms with Crippen LogP contribution in [0.3, 0.4) is 0 Å². The molecule has 0 atom stereocenters. The second-order valence-electron chi connectivity index (χ2n) is 14.9. The standard InChI is InChI=1S/C50H43BN2S/c1-3-5-16-34-27-30-43(41(32-34)36-18-9-7-10-19-36)52-44-24-15-23-39-38-28-26-35(17-6-4-2)33-45(38)53(37-20-11-8-12-21-37)51(49(39)44)42-29-31-47-48(50(42)52)40-22-13-14-25-46(40)54-47/h7-15,18-33H,3-6,16-17H2,1-2H3. The van der Waals surface area contributed by atoms with E-state index in [1.54, 1.807) is 0 Å². The van der Waals surface area contributed by atoms with Gasteiger partial charge in [-0.2, -0.15) is 0 Å². The number of fused-ring (bicyclic) bond motifs is 8. The molecule has 1 aromatic heterocycles. The lowest BCUT2D eigenvalue weighted by molar-refractivity contribution is 0.795. The quantitative estimate of drug-likeness (QED) is 0.137. The lowest BCUT2D eigenvalue weighted by Crippen LogP contribution is -2.61. The zero-order chi connectivity index (χ0) is 36.2. The van der Waals surface area contributed by atoms with Crippen molar-refractivity contribution in [2.75, 3.05) is 9.71 Å². The Morgan fingerprint density at radius 3 is 2.06 bits per heavy atom. The van der Waals surface area contributed by atoms with Crippen LogP contribution in [0.5, 0.6) is 0 Å². The van der Waals surface area contributed by atoms with Gasteiger partial charge in [0.15, 0.2) is 0 Å². The molecule has 0 spiro atoms. The van der Waals surface area contributed by atoms with Crippen LogP contribution in [-0.4, -0.2) is 6.85 Å². The van der Waals surface area contributed by atoms with Gasteiger partial charge < -0.3 is 9.71 Å². The fourth-order valence-corrected chi connectivity index (χ4v) is 10.2. The molecule has 2 aliphatic rings. The summed E-state index contributed by atoms with van der Waals surface area (Å²) in [6.07, 6.45) is 6.92. The molecule has 4 heteroatoms. The van der Waals surface area contributed by atoms with Gasteiger partial charge >= 0.3 is 6.85 Å². The summed E-state index contributed by atoms with van der Waals surface area (Å²) in [6.45, 7) is 4.56. The molecule has 10 rings (SSSR count). The average molecular weight is 715 g/mol. The number of hydrogen-bond donors (Lipinski definition) is 0. The summed E-state index contributed by atoms with van der Waals surface area (Å²) in [6, 6.07) is 57.5. The van der Waals surface area contributed by atoms with Crippen molar-refractivity contribution in [2.45, 2.75) is 52.4 Å². The molecule has 0 fully saturated rings. The first kappa shape index (κ1) is 33.0. The molecule has 0 N–H and O–H groups in total. The minimum atomic E-state index is -0.00848. The molecule has 0 saturated carbocycles. The van der Waals surface area contributed by atoms with Crippen molar-refractivity contribution in [3.05, 3.63) is 163 Å². The summed E-state index contributed by atoms with van der Waals surface area (Å²) in [5.74, 6) is 0. The number of anilines is 5. The monoisotopic (exact) mass is 714 g/mol. The predicted molar refractivity (Wildman–Crippen MR) is 236 cm³/mol. The molecule has 2 aliphatic heterocycles. The van der Waals surface area contributed by atoms with Crippen LogP contribution >= 0.6 is 11.3 Å². The molecule has 262 valence electrons. The average Bonchev–Trinajstić information content (AvgIpc) is 3.62. The highest BCUT2D eigenvalue weighted by Crippen LogP contribution is 2.51. The highest BCUT2D eigenvalue weighted by atomic mass is 32.1. The van der Waals surface area contributed by atoms with Gasteiger partial charge in [0.2, 0.25) is 0 Å². The molecule has 7 aromatic carbocycles. The van der Waals surface area contributed by atoms with E-state index in [4.69, 9.17) is 0 Å². The van der Waals surface area contributed by atoms with E-state index in [0.29, 0.717) is 0 Å². The van der Waals surface area contributed by atoms with Crippen molar-refractivity contribution in [1.82, 2.24) is 0 Å². The normalized spacial score (nSPS) is 13.0. The molecule has 0 bridgehead atoms. The molecule has 0 saturated heterocycles. The summed E-state index contributed by atoms with van der Waals surface area (Å²) in [7, 11) is 0. The van der Waals surface area contributed by atoms with Crippen molar-refractivity contribution in [2.24, 2.45) is 0 Å². The van der Waals surface area contributed by atoms with E-state index in [2.05, 4.69) is 175 Å². The molecule has 0 radical (unpaired) electrons. The lowest BCUT2D eigenvalue weighted by Gasteiger charge is -2.46. The summed E-state index contributed by atoms with van der Waals surface area (Å²) in [5, 5.41) is 2.66. The number of rotatable bonds is 9. The van der Waals surface area contributed by atoms with Gasteiger partial charge in [0.1, 0.15) is 0 Å². The molecule has 0 unspecified atom stereocenters. The minimum absolute atomic E-state index is 0.00848. The van der Waals surface area contributed by atoms with Crippen LogP contribution < -0.4 is 20.6 Å². The Bertz CT molecular complexity index is 2660. The number of unbranched alkanes of at least 4 members (excludes halogenated alkanes) is 2. The summed E-state index contributed by atoms with van der Waals surface area (Å²) in [5.41, 5.74) is 17.0. The van der Waals surface area contributed by atoms with Crippen LogP contribution in [-0.2, 0) is 12.8 Å². The van der Waals surface area contributed by atoms with E-state index in [1.165, 1.54) is 119 Å². The topological polar surface area (TPSA) is 6.48 Å². The van der Waals surface area contributed by atoms with Gasteiger partial charge in [-0.15, -0.1) is 11.3 Å². The Labute approximate surface area is 323 Å². The fourth-order valence-electron chi connectivity index (χ4n) is 9.06. The number of nitrogens with zero attached hydrogens (tertiary/aromatic N) is 2. The predicted octanol–water partition coefficient (Wildman–Crippen LogP) is 13.1. The number of hydrogen-bond acceptors (Lipinski definition) is 3.